The molecule has 0 atom stereocenters. The molecule has 0 saturated carbocycles. The maximum Gasteiger partial charge on any atom is 0.130 e. The quantitative estimate of drug-likeness (QED) is 0.806. The predicted octanol–water partition coefficient (Wildman–Crippen LogP) is 3.32. The molecule has 0 aromatic carbocycles. The van der Waals surface area contributed by atoms with E-state index in [2.05, 4.69) is 28.8 Å². The fraction of sp³-hybridized carbons (Fsp3) is 0.250. The summed E-state index contributed by atoms with van der Waals surface area (Å²) in [6, 6.07) is 5.76. The number of hydrogen-bond donors (Lipinski definition) is 1. The van der Waals surface area contributed by atoms with E-state index >= 15 is 0 Å². The Morgan fingerprint density at radius 3 is 2.81 bits per heavy atom. The van der Waals surface area contributed by atoms with Gasteiger partial charge in [0, 0.05) is 23.9 Å². The minimum absolute atomic E-state index is 0.332. The molecule has 0 aliphatic rings. The molecule has 0 aliphatic carbocycles. The Morgan fingerprint density at radius 1 is 1.38 bits per heavy atom. The Balaban J connectivity index is 2.54. The SMILES string of the molecule is CC(C)c1nc(=S)cc(-c2cccnc2)[nH]1. The summed E-state index contributed by atoms with van der Waals surface area (Å²) in [5.74, 6) is 1.24. The average Bonchev–Trinajstić information content (AvgIpc) is 2.29. The van der Waals surface area contributed by atoms with Gasteiger partial charge in [0.2, 0.25) is 0 Å². The molecule has 0 radical (unpaired) electrons. The molecular weight excluding hydrogens is 218 g/mol. The molecule has 2 aromatic rings. The van der Waals surface area contributed by atoms with Crippen molar-refractivity contribution >= 4 is 12.2 Å². The van der Waals surface area contributed by atoms with Gasteiger partial charge in [0.25, 0.3) is 0 Å². The van der Waals surface area contributed by atoms with Gasteiger partial charge in [-0.1, -0.05) is 26.1 Å². The zero-order valence-corrected chi connectivity index (χ0v) is 10.1. The van der Waals surface area contributed by atoms with Crippen LogP contribution in [0.4, 0.5) is 0 Å². The third kappa shape index (κ3) is 2.33. The highest BCUT2D eigenvalue weighted by Crippen LogP contribution is 2.18. The van der Waals surface area contributed by atoms with Crippen molar-refractivity contribution in [2.24, 2.45) is 0 Å². The van der Waals surface area contributed by atoms with E-state index in [0.717, 1.165) is 17.1 Å². The molecule has 0 spiro atoms. The van der Waals surface area contributed by atoms with Crippen molar-refractivity contribution in [1.82, 2.24) is 15.0 Å². The molecule has 1 N–H and O–H groups in total. The summed E-state index contributed by atoms with van der Waals surface area (Å²) >= 11 is 5.15. The van der Waals surface area contributed by atoms with Crippen LogP contribution in [0.25, 0.3) is 11.3 Å². The van der Waals surface area contributed by atoms with E-state index in [-0.39, 0.29) is 0 Å². The average molecular weight is 231 g/mol. The van der Waals surface area contributed by atoms with Crippen LogP contribution in [0, 0.1) is 4.64 Å². The summed E-state index contributed by atoms with van der Waals surface area (Å²) in [6.45, 7) is 4.17. The van der Waals surface area contributed by atoms with Gasteiger partial charge in [-0.15, -0.1) is 0 Å². The lowest BCUT2D eigenvalue weighted by Crippen LogP contribution is -1.99. The Labute approximate surface area is 99.6 Å². The molecule has 0 bridgehead atoms. The highest BCUT2D eigenvalue weighted by atomic mass is 32.1. The Hall–Kier alpha value is -1.55. The number of aromatic amines is 1. The van der Waals surface area contributed by atoms with E-state index < -0.39 is 0 Å². The van der Waals surface area contributed by atoms with Gasteiger partial charge in [0.1, 0.15) is 10.5 Å². The topological polar surface area (TPSA) is 41.6 Å². The summed E-state index contributed by atoms with van der Waals surface area (Å²) < 4.78 is 0.612. The lowest BCUT2D eigenvalue weighted by Gasteiger charge is -2.07. The molecule has 0 amide bonds. The fourth-order valence-electron chi connectivity index (χ4n) is 1.43. The third-order valence-corrected chi connectivity index (χ3v) is 2.49. The van der Waals surface area contributed by atoms with Crippen LogP contribution in [0.1, 0.15) is 25.6 Å². The molecule has 0 fully saturated rings. The normalized spacial score (nSPS) is 10.7. The van der Waals surface area contributed by atoms with E-state index in [1.54, 1.807) is 6.20 Å². The first-order valence-corrected chi connectivity index (χ1v) is 5.59. The number of aromatic nitrogens is 3. The Kier molecular flexibility index (Phi) is 3.10. The van der Waals surface area contributed by atoms with Gasteiger partial charge in [-0.25, -0.2) is 4.98 Å². The van der Waals surface area contributed by atoms with Crippen LogP contribution in [-0.4, -0.2) is 15.0 Å². The molecule has 2 rings (SSSR count). The van der Waals surface area contributed by atoms with Crippen LogP contribution in [0.3, 0.4) is 0 Å². The summed E-state index contributed by atoms with van der Waals surface area (Å²) in [7, 11) is 0. The van der Waals surface area contributed by atoms with Gasteiger partial charge >= 0.3 is 0 Å². The molecule has 4 heteroatoms. The molecule has 16 heavy (non-hydrogen) atoms. The Bertz CT molecular complexity index is 531. The van der Waals surface area contributed by atoms with Gasteiger partial charge in [0.05, 0.1) is 5.69 Å². The maximum absolute atomic E-state index is 5.15. The van der Waals surface area contributed by atoms with Gasteiger partial charge < -0.3 is 4.98 Å². The van der Waals surface area contributed by atoms with E-state index in [4.69, 9.17) is 12.2 Å². The molecule has 0 unspecified atom stereocenters. The zero-order valence-electron chi connectivity index (χ0n) is 9.27. The van der Waals surface area contributed by atoms with Gasteiger partial charge in [0.15, 0.2) is 0 Å². The lowest BCUT2D eigenvalue weighted by molar-refractivity contribution is 0.773. The second-order valence-corrected chi connectivity index (χ2v) is 4.33. The number of hydrogen-bond acceptors (Lipinski definition) is 3. The minimum atomic E-state index is 0.332. The van der Waals surface area contributed by atoms with Crippen LogP contribution < -0.4 is 0 Å². The molecule has 2 aromatic heterocycles. The number of nitrogens with zero attached hydrogens (tertiary/aromatic N) is 2. The molecular formula is C12H13N3S. The minimum Gasteiger partial charge on any atom is -0.343 e. The fourth-order valence-corrected chi connectivity index (χ4v) is 1.64. The molecule has 82 valence electrons. The van der Waals surface area contributed by atoms with Crippen LogP contribution in [0.2, 0.25) is 0 Å². The lowest BCUT2D eigenvalue weighted by atomic mass is 10.1. The first kappa shape index (κ1) is 11.0. The van der Waals surface area contributed by atoms with Crippen molar-refractivity contribution in [2.75, 3.05) is 0 Å². The van der Waals surface area contributed by atoms with E-state index in [1.807, 2.05) is 24.4 Å². The van der Waals surface area contributed by atoms with Crippen LogP contribution in [0.15, 0.2) is 30.6 Å². The first-order valence-electron chi connectivity index (χ1n) is 5.18. The summed E-state index contributed by atoms with van der Waals surface area (Å²) in [4.78, 5) is 11.7. The second-order valence-electron chi connectivity index (χ2n) is 3.91. The number of nitrogens with one attached hydrogen (secondary N) is 1. The molecule has 0 aliphatic heterocycles. The highest BCUT2D eigenvalue weighted by molar-refractivity contribution is 7.71. The molecule has 2 heterocycles. The standard InChI is InChI=1S/C12H13N3S/c1-8(2)12-14-10(6-11(16)15-12)9-4-3-5-13-7-9/h3-8H,1-2H3,(H,14,15,16). The van der Waals surface area contributed by atoms with Crippen molar-refractivity contribution in [3.05, 3.63) is 41.1 Å². The molecule has 0 saturated heterocycles. The van der Waals surface area contributed by atoms with Crippen LogP contribution in [0.5, 0.6) is 0 Å². The largest absolute Gasteiger partial charge is 0.343 e. The third-order valence-electron chi connectivity index (χ3n) is 2.28. The highest BCUT2D eigenvalue weighted by Gasteiger charge is 2.04. The molecule has 3 nitrogen and oxygen atoms in total. The summed E-state index contributed by atoms with van der Waals surface area (Å²) in [6.07, 6.45) is 3.56. The van der Waals surface area contributed by atoms with Gasteiger partial charge in [-0.05, 0) is 18.2 Å². The maximum atomic E-state index is 5.15. The van der Waals surface area contributed by atoms with Crippen LogP contribution >= 0.6 is 12.2 Å². The smallest absolute Gasteiger partial charge is 0.130 e. The predicted molar refractivity (Wildman–Crippen MR) is 66.7 cm³/mol. The first-order chi connectivity index (χ1) is 7.66. The van der Waals surface area contributed by atoms with Crippen molar-refractivity contribution < 1.29 is 0 Å². The second kappa shape index (κ2) is 4.53. The number of H-pyrrole nitrogens is 1. The Morgan fingerprint density at radius 2 is 2.19 bits per heavy atom. The van der Waals surface area contributed by atoms with Gasteiger partial charge in [-0.3, -0.25) is 4.98 Å². The van der Waals surface area contributed by atoms with E-state index in [0.29, 0.717) is 10.6 Å². The van der Waals surface area contributed by atoms with Crippen molar-refractivity contribution in [1.29, 1.82) is 0 Å². The van der Waals surface area contributed by atoms with E-state index in [9.17, 15) is 0 Å². The number of rotatable bonds is 2. The zero-order chi connectivity index (χ0) is 11.5. The van der Waals surface area contributed by atoms with Crippen molar-refractivity contribution in [3.63, 3.8) is 0 Å². The van der Waals surface area contributed by atoms with Gasteiger partial charge in [-0.2, -0.15) is 0 Å². The van der Waals surface area contributed by atoms with Crippen molar-refractivity contribution in [2.45, 2.75) is 19.8 Å². The summed E-state index contributed by atoms with van der Waals surface area (Å²) in [5, 5.41) is 0. The number of pyridine rings is 1. The van der Waals surface area contributed by atoms with Crippen LogP contribution in [-0.2, 0) is 0 Å². The van der Waals surface area contributed by atoms with Crippen molar-refractivity contribution in [3.8, 4) is 11.3 Å². The monoisotopic (exact) mass is 231 g/mol. The van der Waals surface area contributed by atoms with E-state index in [1.165, 1.54) is 0 Å². The summed E-state index contributed by atoms with van der Waals surface area (Å²) in [5.41, 5.74) is 2.00.